The van der Waals surface area contributed by atoms with E-state index < -0.39 is 11.1 Å². The Balaban J connectivity index is 2.07. The highest BCUT2D eigenvalue weighted by Gasteiger charge is 2.23. The molecule has 48 valence electrons. The van der Waals surface area contributed by atoms with E-state index in [4.69, 9.17) is 0 Å². The Morgan fingerprint density at radius 1 is 1.75 bits per heavy atom. The van der Waals surface area contributed by atoms with E-state index in [1.54, 1.807) is 0 Å². The molecule has 8 heavy (non-hydrogen) atoms. The molecule has 0 amide bonds. The second-order valence-electron chi connectivity index (χ2n) is 2.08. The Labute approximate surface area is 51.9 Å². The van der Waals surface area contributed by atoms with Crippen LogP contribution >= 0.6 is 0 Å². The highest BCUT2D eigenvalue weighted by Crippen LogP contribution is 2.29. The van der Waals surface area contributed by atoms with Crippen molar-refractivity contribution in [2.45, 2.75) is 12.8 Å². The van der Waals surface area contributed by atoms with Gasteiger partial charge in [-0.25, -0.2) is 4.21 Å². The maximum atomic E-state index is 10.6. The van der Waals surface area contributed by atoms with Gasteiger partial charge >= 0.3 is 0 Å². The zero-order chi connectivity index (χ0) is 5.98. The largest absolute Gasteiger partial charge is 0.294 e. The van der Waals surface area contributed by atoms with Crippen molar-refractivity contribution in [1.82, 2.24) is 0 Å². The van der Waals surface area contributed by atoms with Crippen LogP contribution in [0.1, 0.15) is 12.8 Å². The van der Waals surface area contributed by atoms with Crippen LogP contribution in [-0.4, -0.2) is 17.1 Å². The van der Waals surface area contributed by atoms with Gasteiger partial charge in [0.05, 0.1) is 12.9 Å². The maximum absolute atomic E-state index is 10.6. The van der Waals surface area contributed by atoms with Gasteiger partial charge in [0.1, 0.15) is 0 Å². The molecule has 0 aliphatic heterocycles. The van der Waals surface area contributed by atoms with Crippen molar-refractivity contribution in [2.24, 2.45) is 5.92 Å². The van der Waals surface area contributed by atoms with Crippen LogP contribution < -0.4 is 0 Å². The summed E-state index contributed by atoms with van der Waals surface area (Å²) >= 11 is -0.995. The molecule has 2 nitrogen and oxygen atoms in total. The molecule has 0 aromatic carbocycles. The lowest BCUT2D eigenvalue weighted by atomic mass is 10.5. The van der Waals surface area contributed by atoms with Crippen molar-refractivity contribution >= 4 is 11.1 Å². The number of hydrogen-bond donors (Lipinski definition) is 0. The van der Waals surface area contributed by atoms with Gasteiger partial charge in [-0.3, -0.25) is 4.18 Å². The molecule has 1 aliphatic rings. The standard InChI is InChI=1S/C5H10O2S/c1-7-8(6)4-5-2-3-5/h5H,2-4H2,1H3. The van der Waals surface area contributed by atoms with Gasteiger partial charge in [-0.2, -0.15) is 0 Å². The lowest BCUT2D eigenvalue weighted by Gasteiger charge is -1.92. The Bertz CT molecular complexity index is 98.6. The summed E-state index contributed by atoms with van der Waals surface area (Å²) in [6.45, 7) is 0. The molecule has 0 bridgehead atoms. The van der Waals surface area contributed by atoms with Crippen molar-refractivity contribution in [1.29, 1.82) is 0 Å². The second-order valence-corrected chi connectivity index (χ2v) is 3.35. The van der Waals surface area contributed by atoms with E-state index in [0.717, 1.165) is 5.75 Å². The summed E-state index contributed by atoms with van der Waals surface area (Å²) in [6, 6.07) is 0. The van der Waals surface area contributed by atoms with E-state index in [1.165, 1.54) is 20.0 Å². The fraction of sp³-hybridized carbons (Fsp3) is 1.00. The molecular formula is C5H10O2S. The summed E-state index contributed by atoms with van der Waals surface area (Å²) in [4.78, 5) is 0. The molecule has 1 unspecified atom stereocenters. The molecule has 0 heterocycles. The number of hydrogen-bond acceptors (Lipinski definition) is 2. The summed E-state index contributed by atoms with van der Waals surface area (Å²) in [5.74, 6) is 1.45. The van der Waals surface area contributed by atoms with E-state index in [9.17, 15) is 4.21 Å². The van der Waals surface area contributed by atoms with Gasteiger partial charge in [0.15, 0.2) is 11.1 Å². The quantitative estimate of drug-likeness (QED) is 0.568. The summed E-state index contributed by atoms with van der Waals surface area (Å²) in [6.07, 6.45) is 2.49. The van der Waals surface area contributed by atoms with Gasteiger partial charge in [0, 0.05) is 0 Å². The first-order valence-corrected chi connectivity index (χ1v) is 4.00. The smallest absolute Gasteiger partial charge is 0.155 e. The summed E-state index contributed by atoms with van der Waals surface area (Å²) < 4.78 is 15.1. The molecule has 0 saturated heterocycles. The molecule has 1 aliphatic carbocycles. The van der Waals surface area contributed by atoms with Gasteiger partial charge in [0.25, 0.3) is 0 Å². The van der Waals surface area contributed by atoms with Crippen LogP contribution in [0, 0.1) is 5.92 Å². The monoisotopic (exact) mass is 134 g/mol. The predicted octanol–water partition coefficient (Wildman–Crippen LogP) is 0.707. The molecule has 1 saturated carbocycles. The van der Waals surface area contributed by atoms with E-state index >= 15 is 0 Å². The first-order chi connectivity index (χ1) is 3.83. The number of rotatable bonds is 3. The van der Waals surface area contributed by atoms with E-state index in [-0.39, 0.29) is 0 Å². The molecule has 0 aromatic heterocycles. The van der Waals surface area contributed by atoms with Crippen LogP contribution in [0.2, 0.25) is 0 Å². The molecule has 1 atom stereocenters. The molecule has 3 heteroatoms. The first-order valence-electron chi connectivity index (χ1n) is 2.76. The zero-order valence-corrected chi connectivity index (χ0v) is 5.74. The van der Waals surface area contributed by atoms with Crippen LogP contribution in [-0.2, 0) is 15.3 Å². The fourth-order valence-corrected chi connectivity index (χ4v) is 1.40. The average molecular weight is 134 g/mol. The molecule has 0 radical (unpaired) electrons. The van der Waals surface area contributed by atoms with E-state index in [1.807, 2.05) is 0 Å². The van der Waals surface area contributed by atoms with Crippen molar-refractivity contribution in [3.63, 3.8) is 0 Å². The molecule has 0 aromatic rings. The van der Waals surface area contributed by atoms with Gasteiger partial charge in [0.2, 0.25) is 0 Å². The maximum Gasteiger partial charge on any atom is 0.155 e. The van der Waals surface area contributed by atoms with Crippen LogP contribution in [0.25, 0.3) is 0 Å². The lowest BCUT2D eigenvalue weighted by Crippen LogP contribution is -1.99. The average Bonchev–Trinajstić information content (AvgIpc) is 2.50. The third-order valence-corrected chi connectivity index (χ3v) is 2.37. The van der Waals surface area contributed by atoms with Crippen LogP contribution in [0.15, 0.2) is 0 Å². The summed E-state index contributed by atoms with van der Waals surface area (Å²) in [5, 5.41) is 0. The minimum atomic E-state index is -0.995. The molecular weight excluding hydrogens is 124 g/mol. The van der Waals surface area contributed by atoms with Crippen molar-refractivity contribution in [3.05, 3.63) is 0 Å². The van der Waals surface area contributed by atoms with Crippen molar-refractivity contribution in [3.8, 4) is 0 Å². The van der Waals surface area contributed by atoms with Gasteiger partial charge in [-0.1, -0.05) is 0 Å². The second kappa shape index (κ2) is 2.60. The van der Waals surface area contributed by atoms with E-state index in [0.29, 0.717) is 5.92 Å². The molecule has 0 N–H and O–H groups in total. The third kappa shape index (κ3) is 1.92. The fourth-order valence-electron chi connectivity index (χ4n) is 0.545. The van der Waals surface area contributed by atoms with Crippen LogP contribution in [0.5, 0.6) is 0 Å². The third-order valence-electron chi connectivity index (χ3n) is 1.25. The molecule has 1 rings (SSSR count). The Morgan fingerprint density at radius 3 is 2.75 bits per heavy atom. The highest BCUT2D eigenvalue weighted by molar-refractivity contribution is 7.80. The first kappa shape index (κ1) is 6.23. The minimum Gasteiger partial charge on any atom is -0.294 e. The van der Waals surface area contributed by atoms with Crippen LogP contribution in [0.3, 0.4) is 0 Å². The SMILES string of the molecule is COS(=O)CC1CC1. The zero-order valence-electron chi connectivity index (χ0n) is 4.92. The normalized spacial score (nSPS) is 23.1. The van der Waals surface area contributed by atoms with Gasteiger partial charge in [-0.15, -0.1) is 0 Å². The Hall–Kier alpha value is 0.110. The van der Waals surface area contributed by atoms with Crippen LogP contribution in [0.4, 0.5) is 0 Å². The summed E-state index contributed by atoms with van der Waals surface area (Å²) in [7, 11) is 1.48. The lowest BCUT2D eigenvalue weighted by molar-refractivity contribution is 0.444. The Morgan fingerprint density at radius 2 is 2.38 bits per heavy atom. The van der Waals surface area contributed by atoms with Crippen molar-refractivity contribution in [2.75, 3.05) is 12.9 Å². The highest BCUT2D eigenvalue weighted by atomic mass is 32.2. The molecule has 1 fully saturated rings. The predicted molar refractivity (Wildman–Crippen MR) is 32.7 cm³/mol. The van der Waals surface area contributed by atoms with Gasteiger partial charge < -0.3 is 0 Å². The topological polar surface area (TPSA) is 26.3 Å². The Kier molecular flexibility index (Phi) is 2.02. The summed E-state index contributed by atoms with van der Waals surface area (Å²) in [5.41, 5.74) is 0. The van der Waals surface area contributed by atoms with Gasteiger partial charge in [-0.05, 0) is 18.8 Å². The van der Waals surface area contributed by atoms with Crippen molar-refractivity contribution < 1.29 is 8.39 Å². The minimum absolute atomic E-state index is 0.704. The molecule has 0 spiro atoms. The van der Waals surface area contributed by atoms with E-state index in [2.05, 4.69) is 4.18 Å².